The fourth-order valence-corrected chi connectivity index (χ4v) is 3.41. The summed E-state index contributed by atoms with van der Waals surface area (Å²) in [6, 6.07) is 9.22. The first-order valence-electron chi connectivity index (χ1n) is 6.33. The molecular weight excluding hydrogens is 233 g/mol. The van der Waals surface area contributed by atoms with Crippen molar-refractivity contribution in [2.24, 2.45) is 5.92 Å². The number of carboxylic acid groups (broad SMARTS) is 1. The largest absolute Gasteiger partial charge is 0.480 e. The number of rotatable bonds is 3. The van der Waals surface area contributed by atoms with Gasteiger partial charge < -0.3 is 5.11 Å². The lowest BCUT2D eigenvalue weighted by molar-refractivity contribution is -0.146. The molecule has 4 heteroatoms. The van der Waals surface area contributed by atoms with Crippen LogP contribution in [0.5, 0.6) is 0 Å². The van der Waals surface area contributed by atoms with Gasteiger partial charge in [0.1, 0.15) is 12.2 Å². The van der Waals surface area contributed by atoms with Crippen LogP contribution >= 0.6 is 0 Å². The highest BCUT2D eigenvalue weighted by atomic mass is 19.1. The first kappa shape index (κ1) is 11.7. The standard InChI is InChI=1S/C14H16FNO2/c15-12-7-10-6-11(12)13(14(17)18)16(10)8-9-4-2-1-3-5-9/h1-5,10-13H,6-8H2,(H,17,18)/t10-,11-,12?,13+/m1/s1. The van der Waals surface area contributed by atoms with Gasteiger partial charge >= 0.3 is 5.97 Å². The van der Waals surface area contributed by atoms with Crippen LogP contribution in [-0.4, -0.2) is 34.2 Å². The van der Waals surface area contributed by atoms with Crippen molar-refractivity contribution >= 4 is 5.97 Å². The van der Waals surface area contributed by atoms with Crippen molar-refractivity contribution in [1.82, 2.24) is 4.90 Å². The number of carboxylic acids is 1. The molecule has 1 aliphatic carbocycles. The third-order valence-corrected chi connectivity index (χ3v) is 4.20. The molecule has 1 unspecified atom stereocenters. The van der Waals surface area contributed by atoms with E-state index < -0.39 is 18.2 Å². The van der Waals surface area contributed by atoms with Gasteiger partial charge in [-0.3, -0.25) is 9.69 Å². The summed E-state index contributed by atoms with van der Waals surface area (Å²) in [6.45, 7) is 0.603. The molecule has 2 aliphatic rings. The maximum Gasteiger partial charge on any atom is 0.321 e. The number of aliphatic carboxylic acids is 1. The minimum Gasteiger partial charge on any atom is -0.480 e. The number of likely N-dealkylation sites (tertiary alicyclic amines) is 1. The van der Waals surface area contributed by atoms with Crippen molar-refractivity contribution in [3.05, 3.63) is 35.9 Å². The van der Waals surface area contributed by atoms with Crippen molar-refractivity contribution in [3.8, 4) is 0 Å². The molecule has 1 N–H and O–H groups in total. The first-order chi connectivity index (χ1) is 8.66. The highest BCUT2D eigenvalue weighted by Crippen LogP contribution is 2.44. The van der Waals surface area contributed by atoms with Gasteiger partial charge in [-0.15, -0.1) is 0 Å². The van der Waals surface area contributed by atoms with E-state index in [0.29, 0.717) is 19.4 Å². The van der Waals surface area contributed by atoms with Crippen molar-refractivity contribution in [1.29, 1.82) is 0 Å². The fourth-order valence-electron chi connectivity index (χ4n) is 3.41. The Morgan fingerprint density at radius 1 is 1.33 bits per heavy atom. The Bertz CT molecular complexity index is 450. The molecular formula is C14H16FNO2. The van der Waals surface area contributed by atoms with E-state index in [4.69, 9.17) is 0 Å². The van der Waals surface area contributed by atoms with Crippen LogP contribution < -0.4 is 0 Å². The molecule has 2 fully saturated rings. The van der Waals surface area contributed by atoms with E-state index in [1.54, 1.807) is 0 Å². The summed E-state index contributed by atoms with van der Waals surface area (Å²) < 4.78 is 13.7. The van der Waals surface area contributed by atoms with Gasteiger partial charge in [0.25, 0.3) is 0 Å². The summed E-state index contributed by atoms with van der Waals surface area (Å²) in [4.78, 5) is 13.3. The minimum absolute atomic E-state index is 0.0892. The fraction of sp³-hybridized carbons (Fsp3) is 0.500. The van der Waals surface area contributed by atoms with E-state index in [9.17, 15) is 14.3 Å². The average molecular weight is 249 g/mol. The molecule has 1 saturated carbocycles. The summed E-state index contributed by atoms with van der Waals surface area (Å²) in [5.74, 6) is -1.21. The number of benzene rings is 1. The van der Waals surface area contributed by atoms with E-state index in [1.807, 2.05) is 35.2 Å². The number of halogens is 1. The van der Waals surface area contributed by atoms with Crippen LogP contribution in [0.1, 0.15) is 18.4 Å². The summed E-state index contributed by atoms with van der Waals surface area (Å²) in [5, 5.41) is 9.29. The van der Waals surface area contributed by atoms with Crippen LogP contribution in [0.4, 0.5) is 4.39 Å². The Labute approximate surface area is 105 Å². The van der Waals surface area contributed by atoms with Gasteiger partial charge in [-0.2, -0.15) is 0 Å². The summed E-state index contributed by atoms with van der Waals surface area (Å²) >= 11 is 0. The van der Waals surface area contributed by atoms with E-state index in [1.165, 1.54) is 0 Å². The van der Waals surface area contributed by atoms with Gasteiger partial charge in [0.05, 0.1) is 0 Å². The zero-order valence-corrected chi connectivity index (χ0v) is 10.00. The molecule has 1 aromatic carbocycles. The Balaban J connectivity index is 1.81. The van der Waals surface area contributed by atoms with Crippen molar-refractivity contribution < 1.29 is 14.3 Å². The van der Waals surface area contributed by atoms with Gasteiger partial charge in [-0.1, -0.05) is 30.3 Å². The molecule has 3 rings (SSSR count). The Hall–Kier alpha value is -1.42. The van der Waals surface area contributed by atoms with Crippen molar-refractivity contribution in [2.45, 2.75) is 37.6 Å². The Kier molecular flexibility index (Phi) is 2.82. The molecule has 1 aliphatic heterocycles. The predicted octanol–water partition coefficient (Wildman–Crippen LogP) is 2.07. The van der Waals surface area contributed by atoms with Crippen LogP contribution in [0.25, 0.3) is 0 Å². The third-order valence-electron chi connectivity index (χ3n) is 4.20. The topological polar surface area (TPSA) is 40.5 Å². The molecule has 96 valence electrons. The van der Waals surface area contributed by atoms with Gasteiger partial charge in [-0.05, 0) is 18.4 Å². The SMILES string of the molecule is O=C(O)[C@@H]1[C@@H]2C[C@H](CC2F)N1Cc1ccccc1. The zero-order chi connectivity index (χ0) is 12.7. The molecule has 0 radical (unpaired) electrons. The normalized spacial score (nSPS) is 34.9. The molecule has 0 amide bonds. The number of hydrogen-bond acceptors (Lipinski definition) is 2. The number of carbonyl (C=O) groups is 1. The van der Waals surface area contributed by atoms with Gasteiger partial charge in [0.2, 0.25) is 0 Å². The monoisotopic (exact) mass is 249 g/mol. The van der Waals surface area contributed by atoms with Crippen LogP contribution in [0.15, 0.2) is 30.3 Å². The Morgan fingerprint density at radius 2 is 2.06 bits per heavy atom. The molecule has 1 saturated heterocycles. The van der Waals surface area contributed by atoms with Crippen LogP contribution in [0, 0.1) is 5.92 Å². The van der Waals surface area contributed by atoms with Crippen LogP contribution in [0.3, 0.4) is 0 Å². The first-order valence-corrected chi connectivity index (χ1v) is 6.33. The van der Waals surface area contributed by atoms with Gasteiger partial charge in [0, 0.05) is 18.5 Å². The summed E-state index contributed by atoms with van der Waals surface area (Å²) in [5.41, 5.74) is 1.09. The second kappa shape index (κ2) is 4.35. The van der Waals surface area contributed by atoms with Crippen LogP contribution in [0.2, 0.25) is 0 Å². The van der Waals surface area contributed by atoms with E-state index in [-0.39, 0.29) is 12.0 Å². The summed E-state index contributed by atoms with van der Waals surface area (Å²) in [7, 11) is 0. The van der Waals surface area contributed by atoms with Gasteiger partial charge in [-0.25, -0.2) is 4.39 Å². The van der Waals surface area contributed by atoms with Crippen LogP contribution in [-0.2, 0) is 11.3 Å². The number of nitrogens with zero attached hydrogens (tertiary/aromatic N) is 1. The number of fused-ring (bicyclic) bond motifs is 2. The quantitative estimate of drug-likeness (QED) is 0.891. The molecule has 1 aromatic rings. The van der Waals surface area contributed by atoms with E-state index in [2.05, 4.69) is 0 Å². The second-order valence-corrected chi connectivity index (χ2v) is 5.25. The highest BCUT2D eigenvalue weighted by molar-refractivity contribution is 5.75. The lowest BCUT2D eigenvalue weighted by Crippen LogP contribution is -2.48. The molecule has 0 aromatic heterocycles. The summed E-state index contributed by atoms with van der Waals surface area (Å²) in [6.07, 6.45) is 0.231. The number of piperidine rings is 1. The lowest BCUT2D eigenvalue weighted by atomic mass is 9.96. The molecule has 2 bridgehead atoms. The smallest absolute Gasteiger partial charge is 0.321 e. The predicted molar refractivity (Wildman–Crippen MR) is 64.8 cm³/mol. The zero-order valence-electron chi connectivity index (χ0n) is 10.00. The second-order valence-electron chi connectivity index (χ2n) is 5.25. The number of hydrogen-bond donors (Lipinski definition) is 1. The van der Waals surface area contributed by atoms with Crippen molar-refractivity contribution in [3.63, 3.8) is 0 Å². The maximum absolute atomic E-state index is 13.7. The van der Waals surface area contributed by atoms with Gasteiger partial charge in [0.15, 0.2) is 0 Å². The van der Waals surface area contributed by atoms with E-state index in [0.717, 1.165) is 5.56 Å². The van der Waals surface area contributed by atoms with E-state index >= 15 is 0 Å². The maximum atomic E-state index is 13.7. The molecule has 1 heterocycles. The number of alkyl halides is 1. The van der Waals surface area contributed by atoms with Crippen molar-refractivity contribution in [2.75, 3.05) is 0 Å². The highest BCUT2D eigenvalue weighted by Gasteiger charge is 2.54. The molecule has 3 nitrogen and oxygen atoms in total. The Morgan fingerprint density at radius 3 is 2.72 bits per heavy atom. The minimum atomic E-state index is -0.942. The molecule has 4 atom stereocenters. The lowest BCUT2D eigenvalue weighted by Gasteiger charge is -2.34. The average Bonchev–Trinajstić information content (AvgIpc) is 2.87. The molecule has 0 spiro atoms. The third kappa shape index (κ3) is 1.81. The molecule has 18 heavy (non-hydrogen) atoms.